The van der Waals surface area contributed by atoms with E-state index in [0.717, 1.165) is 23.4 Å². The third kappa shape index (κ3) is 4.48. The minimum absolute atomic E-state index is 0.0735. The molecule has 0 aromatic carbocycles. The van der Waals surface area contributed by atoms with Crippen LogP contribution in [0.25, 0.3) is 5.57 Å². The third-order valence-corrected chi connectivity index (χ3v) is 2.84. The molecule has 0 aliphatic carbocycles. The van der Waals surface area contributed by atoms with Crippen molar-refractivity contribution in [2.24, 2.45) is 0 Å². The summed E-state index contributed by atoms with van der Waals surface area (Å²) in [6.45, 7) is 4.50. The van der Waals surface area contributed by atoms with Gasteiger partial charge in [-0.3, -0.25) is 9.78 Å². The number of hydrogen-bond acceptors (Lipinski definition) is 6. The molecule has 0 spiro atoms. The van der Waals surface area contributed by atoms with Crippen LogP contribution < -0.4 is 5.48 Å². The normalized spacial score (nSPS) is 11.7. The second-order valence-electron chi connectivity index (χ2n) is 4.19. The van der Waals surface area contributed by atoms with Crippen molar-refractivity contribution in [3.8, 4) is 0 Å². The molecular weight excluding hydrogens is 258 g/mol. The van der Waals surface area contributed by atoms with Crippen LogP contribution in [0.15, 0.2) is 12.3 Å². The average molecular weight is 279 g/mol. The fourth-order valence-electron chi connectivity index (χ4n) is 1.77. The van der Waals surface area contributed by atoms with Gasteiger partial charge in [0.1, 0.15) is 5.69 Å². The highest BCUT2D eigenvalue weighted by atomic mass is 16.6. The highest BCUT2D eigenvalue weighted by Crippen LogP contribution is 2.18. The minimum atomic E-state index is -0.159. The quantitative estimate of drug-likeness (QED) is 0.575. The minimum Gasteiger partial charge on any atom is -0.384 e. The van der Waals surface area contributed by atoms with Crippen molar-refractivity contribution in [3.05, 3.63) is 29.4 Å². The molecule has 1 N–H and O–H groups in total. The van der Waals surface area contributed by atoms with Gasteiger partial charge in [-0.25, -0.2) is 4.98 Å². The molecule has 110 valence electrons. The summed E-state index contributed by atoms with van der Waals surface area (Å²) >= 11 is 0. The number of nitrogens with zero attached hydrogens (tertiary/aromatic N) is 2. The zero-order valence-corrected chi connectivity index (χ0v) is 12.4. The summed E-state index contributed by atoms with van der Waals surface area (Å²) in [4.78, 5) is 25.1. The molecular formula is C14H21N3O3. The standard InChI is InChI=1S/C14H21N3O3/c1-5-11(6-7-19-3)14-10(2)17-12(8-15-14)13(18)9-16-20-4/h5,8,16H,6-7,9H2,1-4H3/b11-5-. The predicted octanol–water partition coefficient (Wildman–Crippen LogP) is 1.56. The van der Waals surface area contributed by atoms with Crippen LogP contribution in [0.5, 0.6) is 0 Å². The summed E-state index contributed by atoms with van der Waals surface area (Å²) < 4.78 is 5.08. The van der Waals surface area contributed by atoms with Gasteiger partial charge in [0.15, 0.2) is 5.78 Å². The van der Waals surface area contributed by atoms with Crippen LogP contribution in [0, 0.1) is 6.92 Å². The van der Waals surface area contributed by atoms with Gasteiger partial charge in [-0.2, -0.15) is 5.48 Å². The first-order valence-electron chi connectivity index (χ1n) is 6.41. The lowest BCUT2D eigenvalue weighted by atomic mass is 10.1. The second-order valence-corrected chi connectivity index (χ2v) is 4.19. The summed E-state index contributed by atoms with van der Waals surface area (Å²) in [6.07, 6.45) is 4.25. The van der Waals surface area contributed by atoms with E-state index in [4.69, 9.17) is 4.74 Å². The molecule has 0 radical (unpaired) electrons. The Morgan fingerprint density at radius 2 is 2.20 bits per heavy atom. The summed E-state index contributed by atoms with van der Waals surface area (Å²) in [5.74, 6) is -0.159. The molecule has 20 heavy (non-hydrogen) atoms. The van der Waals surface area contributed by atoms with Crippen molar-refractivity contribution in [3.63, 3.8) is 0 Å². The molecule has 1 rings (SSSR count). The summed E-state index contributed by atoms with van der Waals surface area (Å²) in [7, 11) is 3.12. The maximum Gasteiger partial charge on any atom is 0.198 e. The Hall–Kier alpha value is -1.63. The smallest absolute Gasteiger partial charge is 0.198 e. The number of ether oxygens (including phenoxy) is 1. The molecule has 0 fully saturated rings. The van der Waals surface area contributed by atoms with Gasteiger partial charge in [0.2, 0.25) is 0 Å². The summed E-state index contributed by atoms with van der Waals surface area (Å²) in [5, 5.41) is 0. The van der Waals surface area contributed by atoms with E-state index in [1.807, 2.05) is 19.9 Å². The largest absolute Gasteiger partial charge is 0.384 e. The number of nitrogens with one attached hydrogen (secondary N) is 1. The third-order valence-electron chi connectivity index (χ3n) is 2.84. The van der Waals surface area contributed by atoms with E-state index in [2.05, 4.69) is 20.3 Å². The number of carbonyl (C=O) groups is 1. The molecule has 0 saturated carbocycles. The monoisotopic (exact) mass is 279 g/mol. The fourth-order valence-corrected chi connectivity index (χ4v) is 1.77. The average Bonchev–Trinajstić information content (AvgIpc) is 2.46. The van der Waals surface area contributed by atoms with Crippen molar-refractivity contribution >= 4 is 11.4 Å². The zero-order chi connectivity index (χ0) is 15.0. The van der Waals surface area contributed by atoms with Gasteiger partial charge in [-0.1, -0.05) is 6.08 Å². The molecule has 6 nitrogen and oxygen atoms in total. The molecule has 0 aliphatic rings. The van der Waals surface area contributed by atoms with Crippen LogP contribution in [0.1, 0.15) is 35.2 Å². The van der Waals surface area contributed by atoms with E-state index in [9.17, 15) is 4.79 Å². The number of hydroxylamine groups is 1. The second kappa shape index (κ2) is 8.52. The van der Waals surface area contributed by atoms with Crippen molar-refractivity contribution in [1.82, 2.24) is 15.4 Å². The van der Waals surface area contributed by atoms with E-state index in [0.29, 0.717) is 12.3 Å². The Bertz CT molecular complexity index is 487. The Labute approximate surface area is 119 Å². The highest BCUT2D eigenvalue weighted by molar-refractivity contribution is 5.95. The number of rotatable bonds is 8. The van der Waals surface area contributed by atoms with Gasteiger partial charge in [0.25, 0.3) is 0 Å². The Balaban J connectivity index is 2.89. The molecule has 0 atom stereocenters. The molecule has 0 amide bonds. The van der Waals surface area contributed by atoms with Crippen LogP contribution in [-0.4, -0.2) is 43.1 Å². The lowest BCUT2D eigenvalue weighted by Crippen LogP contribution is -2.23. The van der Waals surface area contributed by atoms with Crippen molar-refractivity contribution in [2.45, 2.75) is 20.3 Å². The number of aromatic nitrogens is 2. The van der Waals surface area contributed by atoms with E-state index in [1.165, 1.54) is 13.3 Å². The molecule has 0 aliphatic heterocycles. The van der Waals surface area contributed by atoms with Crippen LogP contribution in [0.4, 0.5) is 0 Å². The van der Waals surface area contributed by atoms with Crippen LogP contribution >= 0.6 is 0 Å². The molecule has 0 saturated heterocycles. The number of carbonyl (C=O) groups excluding carboxylic acids is 1. The number of methoxy groups -OCH3 is 1. The van der Waals surface area contributed by atoms with Gasteiger partial charge in [-0.15, -0.1) is 0 Å². The van der Waals surface area contributed by atoms with Crippen LogP contribution in [-0.2, 0) is 9.57 Å². The number of hydrogen-bond donors (Lipinski definition) is 1. The fraction of sp³-hybridized carbons (Fsp3) is 0.500. The SMILES string of the molecule is C/C=C(/CCOC)c1ncc(C(=O)CNOC)nc1C. The van der Waals surface area contributed by atoms with Crippen LogP contribution in [0.2, 0.25) is 0 Å². The lowest BCUT2D eigenvalue weighted by molar-refractivity contribution is 0.0731. The lowest BCUT2D eigenvalue weighted by Gasteiger charge is -2.10. The van der Waals surface area contributed by atoms with Gasteiger partial charge < -0.3 is 9.57 Å². The summed E-state index contributed by atoms with van der Waals surface area (Å²) in [5.41, 5.74) is 5.43. The zero-order valence-electron chi connectivity index (χ0n) is 12.4. The Morgan fingerprint density at radius 1 is 1.45 bits per heavy atom. The van der Waals surface area contributed by atoms with Gasteiger partial charge in [0.05, 0.1) is 37.8 Å². The number of allylic oxidation sites excluding steroid dienone is 1. The molecule has 0 unspecified atom stereocenters. The van der Waals surface area contributed by atoms with Crippen molar-refractivity contribution < 1.29 is 14.4 Å². The molecule has 6 heteroatoms. The first kappa shape index (κ1) is 16.4. The predicted molar refractivity (Wildman–Crippen MR) is 76.3 cm³/mol. The Morgan fingerprint density at radius 3 is 2.75 bits per heavy atom. The molecule has 1 aromatic heterocycles. The number of aryl methyl sites for hydroxylation is 1. The first-order chi connectivity index (χ1) is 9.63. The van der Waals surface area contributed by atoms with E-state index < -0.39 is 0 Å². The van der Waals surface area contributed by atoms with Gasteiger partial charge in [0, 0.05) is 7.11 Å². The first-order valence-corrected chi connectivity index (χ1v) is 6.41. The number of ketones is 1. The van der Waals surface area contributed by atoms with E-state index >= 15 is 0 Å². The van der Waals surface area contributed by atoms with Gasteiger partial charge in [-0.05, 0) is 25.8 Å². The Kier molecular flexibility index (Phi) is 7.00. The topological polar surface area (TPSA) is 73.3 Å². The van der Waals surface area contributed by atoms with Crippen molar-refractivity contribution in [1.29, 1.82) is 0 Å². The van der Waals surface area contributed by atoms with Crippen LogP contribution in [0.3, 0.4) is 0 Å². The number of Topliss-reactive ketones (excluding diaryl/α,β-unsaturated/α-hetero) is 1. The highest BCUT2D eigenvalue weighted by Gasteiger charge is 2.12. The molecule has 0 bridgehead atoms. The van der Waals surface area contributed by atoms with E-state index in [1.54, 1.807) is 7.11 Å². The summed E-state index contributed by atoms with van der Waals surface area (Å²) in [6, 6.07) is 0. The molecule has 1 heterocycles. The maximum absolute atomic E-state index is 11.8. The van der Waals surface area contributed by atoms with Crippen molar-refractivity contribution in [2.75, 3.05) is 27.4 Å². The van der Waals surface area contributed by atoms with Gasteiger partial charge >= 0.3 is 0 Å². The van der Waals surface area contributed by atoms with E-state index in [-0.39, 0.29) is 12.3 Å². The maximum atomic E-state index is 11.8. The molecule has 1 aromatic rings.